The van der Waals surface area contributed by atoms with Gasteiger partial charge in [-0.15, -0.1) is 0 Å². The minimum atomic E-state index is 0.668. The van der Waals surface area contributed by atoms with Gasteiger partial charge in [0.15, 0.2) is 0 Å². The highest BCUT2D eigenvalue weighted by Gasteiger charge is 2.04. The van der Waals surface area contributed by atoms with Crippen molar-refractivity contribution in [2.24, 2.45) is 0 Å². The molecule has 1 heterocycles. The molecule has 0 saturated heterocycles. The molecule has 3 rings (SSSR count). The molecular weight excluding hydrogens is 236 g/mol. The zero-order valence-electron chi connectivity index (χ0n) is 10.5. The second kappa shape index (κ2) is 4.51. The van der Waals surface area contributed by atoms with E-state index in [1.54, 1.807) is 7.11 Å². The summed E-state index contributed by atoms with van der Waals surface area (Å²) in [5.74, 6) is 0.852. The molecular formula is C16H12N2O. The topological polar surface area (TPSA) is 38.0 Å². The van der Waals surface area contributed by atoms with Gasteiger partial charge in [-0.25, -0.2) is 0 Å². The van der Waals surface area contributed by atoms with Crippen LogP contribution in [0.3, 0.4) is 0 Å². The van der Waals surface area contributed by atoms with Gasteiger partial charge in [-0.1, -0.05) is 0 Å². The predicted molar refractivity (Wildman–Crippen MR) is 74.5 cm³/mol. The second-order valence-electron chi connectivity index (χ2n) is 4.27. The molecule has 0 aliphatic carbocycles. The molecule has 2 aromatic carbocycles. The third-order valence-electron chi connectivity index (χ3n) is 3.17. The first kappa shape index (κ1) is 11.4. The van der Waals surface area contributed by atoms with E-state index in [2.05, 4.69) is 16.7 Å². The third kappa shape index (κ3) is 1.94. The standard InChI is InChI=1S/C16H12N2O/c1-19-15-6-7-16-13(10-15)8-9-18(16)14-4-2-12(11-17)3-5-14/h2-10H,1H3. The van der Waals surface area contributed by atoms with Gasteiger partial charge < -0.3 is 9.30 Å². The number of fused-ring (bicyclic) bond motifs is 1. The summed E-state index contributed by atoms with van der Waals surface area (Å²) < 4.78 is 7.32. The van der Waals surface area contributed by atoms with Crippen LogP contribution in [0, 0.1) is 11.3 Å². The van der Waals surface area contributed by atoms with E-state index in [-0.39, 0.29) is 0 Å². The molecule has 0 unspecified atom stereocenters. The highest BCUT2D eigenvalue weighted by molar-refractivity contribution is 5.83. The number of methoxy groups -OCH3 is 1. The van der Waals surface area contributed by atoms with Crippen molar-refractivity contribution in [1.82, 2.24) is 4.57 Å². The fraction of sp³-hybridized carbons (Fsp3) is 0.0625. The Morgan fingerprint density at radius 1 is 1.05 bits per heavy atom. The summed E-state index contributed by atoms with van der Waals surface area (Å²) in [6.45, 7) is 0. The predicted octanol–water partition coefficient (Wildman–Crippen LogP) is 3.51. The molecule has 0 aliphatic rings. The van der Waals surface area contributed by atoms with E-state index in [9.17, 15) is 0 Å². The van der Waals surface area contributed by atoms with Gasteiger partial charge in [0, 0.05) is 17.3 Å². The zero-order chi connectivity index (χ0) is 13.2. The van der Waals surface area contributed by atoms with Crippen molar-refractivity contribution < 1.29 is 4.74 Å². The number of ether oxygens (including phenoxy) is 1. The highest BCUT2D eigenvalue weighted by atomic mass is 16.5. The van der Waals surface area contributed by atoms with E-state index < -0.39 is 0 Å². The van der Waals surface area contributed by atoms with Gasteiger partial charge in [-0.2, -0.15) is 5.26 Å². The van der Waals surface area contributed by atoms with Gasteiger partial charge in [0.05, 0.1) is 24.3 Å². The highest BCUT2D eigenvalue weighted by Crippen LogP contribution is 2.24. The quantitative estimate of drug-likeness (QED) is 0.696. The normalized spacial score (nSPS) is 10.3. The number of nitrogens with zero attached hydrogens (tertiary/aromatic N) is 2. The largest absolute Gasteiger partial charge is 0.497 e. The van der Waals surface area contributed by atoms with Crippen LogP contribution in [0.4, 0.5) is 0 Å². The van der Waals surface area contributed by atoms with E-state index in [1.165, 1.54) is 0 Å². The fourth-order valence-corrected chi connectivity index (χ4v) is 2.17. The Morgan fingerprint density at radius 2 is 1.84 bits per heavy atom. The van der Waals surface area contributed by atoms with E-state index >= 15 is 0 Å². The molecule has 0 aliphatic heterocycles. The van der Waals surface area contributed by atoms with Gasteiger partial charge in [0.2, 0.25) is 0 Å². The van der Waals surface area contributed by atoms with Crippen molar-refractivity contribution in [3.8, 4) is 17.5 Å². The molecule has 19 heavy (non-hydrogen) atoms. The molecule has 0 saturated carbocycles. The third-order valence-corrected chi connectivity index (χ3v) is 3.17. The van der Waals surface area contributed by atoms with Gasteiger partial charge in [0.1, 0.15) is 5.75 Å². The molecule has 3 aromatic rings. The summed E-state index contributed by atoms with van der Waals surface area (Å²) in [7, 11) is 1.67. The Balaban J connectivity index is 2.12. The maximum Gasteiger partial charge on any atom is 0.119 e. The van der Waals surface area contributed by atoms with Crippen LogP contribution in [0.5, 0.6) is 5.75 Å². The minimum absolute atomic E-state index is 0.668. The SMILES string of the molecule is COc1ccc2c(ccn2-c2ccc(C#N)cc2)c1. The first-order chi connectivity index (χ1) is 9.31. The molecule has 0 amide bonds. The number of hydrogen-bond donors (Lipinski definition) is 0. The number of hydrogen-bond acceptors (Lipinski definition) is 2. The van der Waals surface area contributed by atoms with Crippen molar-refractivity contribution in [3.05, 3.63) is 60.3 Å². The molecule has 3 heteroatoms. The van der Waals surface area contributed by atoms with E-state index in [4.69, 9.17) is 10.00 Å². The van der Waals surface area contributed by atoms with Crippen LogP contribution in [0.25, 0.3) is 16.6 Å². The summed E-state index contributed by atoms with van der Waals surface area (Å²) in [6.07, 6.45) is 2.02. The molecule has 0 bridgehead atoms. The van der Waals surface area contributed by atoms with E-state index in [0.29, 0.717) is 5.56 Å². The van der Waals surface area contributed by atoms with Crippen LogP contribution in [-0.2, 0) is 0 Å². The summed E-state index contributed by atoms with van der Waals surface area (Å²) in [4.78, 5) is 0. The van der Waals surface area contributed by atoms with Crippen LogP contribution < -0.4 is 4.74 Å². The average molecular weight is 248 g/mol. The Bertz CT molecular complexity index is 764. The van der Waals surface area contributed by atoms with Crippen molar-refractivity contribution in [2.45, 2.75) is 0 Å². The summed E-state index contributed by atoms with van der Waals surface area (Å²) >= 11 is 0. The van der Waals surface area contributed by atoms with Gasteiger partial charge in [-0.3, -0.25) is 0 Å². The molecule has 92 valence electrons. The van der Waals surface area contributed by atoms with Crippen molar-refractivity contribution in [2.75, 3.05) is 7.11 Å². The lowest BCUT2D eigenvalue weighted by Crippen LogP contribution is -1.91. The van der Waals surface area contributed by atoms with Crippen LogP contribution in [-0.4, -0.2) is 11.7 Å². The first-order valence-electron chi connectivity index (χ1n) is 5.97. The number of benzene rings is 2. The maximum atomic E-state index is 8.82. The van der Waals surface area contributed by atoms with Gasteiger partial charge in [-0.05, 0) is 48.5 Å². The second-order valence-corrected chi connectivity index (χ2v) is 4.27. The maximum absolute atomic E-state index is 8.82. The molecule has 0 spiro atoms. The summed E-state index contributed by atoms with van der Waals surface area (Å²) in [5, 5.41) is 9.95. The molecule has 3 nitrogen and oxygen atoms in total. The average Bonchev–Trinajstić information content (AvgIpc) is 2.90. The van der Waals surface area contributed by atoms with E-state index in [1.807, 2.05) is 48.7 Å². The smallest absolute Gasteiger partial charge is 0.119 e. The number of aromatic nitrogens is 1. The molecule has 0 radical (unpaired) electrons. The number of nitriles is 1. The van der Waals surface area contributed by atoms with Gasteiger partial charge >= 0.3 is 0 Å². The van der Waals surface area contributed by atoms with Gasteiger partial charge in [0.25, 0.3) is 0 Å². The lowest BCUT2D eigenvalue weighted by molar-refractivity contribution is 0.415. The Kier molecular flexibility index (Phi) is 2.70. The van der Waals surface area contributed by atoms with E-state index in [0.717, 1.165) is 22.3 Å². The Labute approximate surface area is 111 Å². The van der Waals surface area contributed by atoms with Crippen LogP contribution >= 0.6 is 0 Å². The minimum Gasteiger partial charge on any atom is -0.497 e. The molecule has 0 N–H and O–H groups in total. The Morgan fingerprint density at radius 3 is 2.53 bits per heavy atom. The summed E-state index contributed by atoms with van der Waals surface area (Å²) in [5.41, 5.74) is 2.83. The fourth-order valence-electron chi connectivity index (χ4n) is 2.17. The van der Waals surface area contributed by atoms with Crippen molar-refractivity contribution >= 4 is 10.9 Å². The molecule has 1 aromatic heterocycles. The molecule has 0 fully saturated rings. The Hall–Kier alpha value is -2.73. The van der Waals surface area contributed by atoms with Crippen LogP contribution in [0.2, 0.25) is 0 Å². The van der Waals surface area contributed by atoms with Crippen LogP contribution in [0.1, 0.15) is 5.56 Å². The monoisotopic (exact) mass is 248 g/mol. The van der Waals surface area contributed by atoms with Crippen molar-refractivity contribution in [1.29, 1.82) is 5.26 Å². The zero-order valence-corrected chi connectivity index (χ0v) is 10.5. The van der Waals surface area contributed by atoms with Crippen LogP contribution in [0.15, 0.2) is 54.7 Å². The lowest BCUT2D eigenvalue weighted by atomic mass is 10.2. The van der Waals surface area contributed by atoms with Crippen molar-refractivity contribution in [3.63, 3.8) is 0 Å². The summed E-state index contributed by atoms with van der Waals surface area (Å²) in [6, 6.07) is 17.7. The molecule has 0 atom stereocenters. The lowest BCUT2D eigenvalue weighted by Gasteiger charge is -2.06. The number of rotatable bonds is 2. The first-order valence-corrected chi connectivity index (χ1v) is 5.97.